The zero-order valence-electron chi connectivity index (χ0n) is 11.3. The predicted octanol–water partition coefficient (Wildman–Crippen LogP) is 3.84. The van der Waals surface area contributed by atoms with Crippen molar-refractivity contribution in [2.75, 3.05) is 7.05 Å². The Bertz CT molecular complexity index is 295. The lowest BCUT2D eigenvalue weighted by atomic mass is 9.72. The van der Waals surface area contributed by atoms with Gasteiger partial charge in [0.05, 0.1) is 0 Å². The molecule has 3 aliphatic carbocycles. The van der Waals surface area contributed by atoms with Crippen LogP contribution in [0.25, 0.3) is 0 Å². The average molecular weight is 257 g/mol. The van der Waals surface area contributed by atoms with Crippen molar-refractivity contribution in [3.8, 4) is 0 Å². The molecule has 3 saturated carbocycles. The summed E-state index contributed by atoms with van der Waals surface area (Å²) in [6.07, 6.45) is 7.21. The highest BCUT2D eigenvalue weighted by Gasteiger charge is 2.46. The number of alkyl halides is 2. The first-order valence-corrected chi connectivity index (χ1v) is 7.64. The van der Waals surface area contributed by atoms with E-state index in [0.29, 0.717) is 24.8 Å². The van der Waals surface area contributed by atoms with Crippen molar-refractivity contribution in [1.29, 1.82) is 0 Å². The van der Waals surface area contributed by atoms with E-state index in [1.807, 2.05) is 7.05 Å². The Kier molecular flexibility index (Phi) is 3.38. The molecule has 1 nitrogen and oxygen atoms in total. The molecule has 0 aromatic rings. The summed E-state index contributed by atoms with van der Waals surface area (Å²) in [5, 5.41) is 3.48. The van der Waals surface area contributed by atoms with Gasteiger partial charge in [-0.2, -0.15) is 0 Å². The second-order valence-corrected chi connectivity index (χ2v) is 6.85. The third-order valence-corrected chi connectivity index (χ3v) is 5.86. The number of halogens is 2. The minimum atomic E-state index is -2.39. The van der Waals surface area contributed by atoms with E-state index in [9.17, 15) is 8.78 Å². The van der Waals surface area contributed by atoms with E-state index in [1.54, 1.807) is 0 Å². The highest BCUT2D eigenvalue weighted by Crippen LogP contribution is 2.52. The number of rotatable bonds is 3. The Morgan fingerprint density at radius 3 is 2.28 bits per heavy atom. The van der Waals surface area contributed by atoms with Gasteiger partial charge in [0.2, 0.25) is 5.92 Å². The Hall–Kier alpha value is -0.180. The number of nitrogens with one attached hydrogen (secondary N) is 1. The summed E-state index contributed by atoms with van der Waals surface area (Å²) in [4.78, 5) is 0. The molecule has 0 amide bonds. The fraction of sp³-hybridized carbons (Fsp3) is 1.00. The van der Waals surface area contributed by atoms with Crippen molar-refractivity contribution < 1.29 is 8.78 Å². The van der Waals surface area contributed by atoms with E-state index < -0.39 is 5.92 Å². The van der Waals surface area contributed by atoms with E-state index in [2.05, 4.69) is 5.32 Å². The first-order chi connectivity index (χ1) is 8.59. The van der Waals surface area contributed by atoms with Crippen molar-refractivity contribution in [1.82, 2.24) is 5.32 Å². The zero-order chi connectivity index (χ0) is 12.8. The Balaban J connectivity index is 1.63. The molecule has 3 heteroatoms. The van der Waals surface area contributed by atoms with Gasteiger partial charge in [0.15, 0.2) is 0 Å². The van der Waals surface area contributed by atoms with Crippen LogP contribution in [0.5, 0.6) is 0 Å². The summed E-state index contributed by atoms with van der Waals surface area (Å²) >= 11 is 0. The standard InChI is InChI=1S/C15H25F2N/c1-18-14(11-4-6-15(16,17)7-5-11)13-9-10-2-3-12(13)8-10/h10-14,18H,2-9H2,1H3. The lowest BCUT2D eigenvalue weighted by molar-refractivity contribution is -0.0529. The molecule has 0 radical (unpaired) electrons. The maximum Gasteiger partial charge on any atom is 0.248 e. The summed E-state index contributed by atoms with van der Waals surface area (Å²) in [6, 6.07) is 0.497. The molecule has 0 aromatic carbocycles. The Morgan fingerprint density at radius 2 is 1.78 bits per heavy atom. The maximum atomic E-state index is 13.3. The Morgan fingerprint density at radius 1 is 1.06 bits per heavy atom. The van der Waals surface area contributed by atoms with Gasteiger partial charge in [0, 0.05) is 18.9 Å². The van der Waals surface area contributed by atoms with Crippen LogP contribution in [0.3, 0.4) is 0 Å². The summed E-state index contributed by atoms with van der Waals surface area (Å²) in [5.74, 6) is 0.698. The van der Waals surface area contributed by atoms with E-state index >= 15 is 0 Å². The second-order valence-electron chi connectivity index (χ2n) is 6.85. The van der Waals surface area contributed by atoms with Crippen LogP contribution in [-0.4, -0.2) is 19.0 Å². The van der Waals surface area contributed by atoms with Gasteiger partial charge in [0.25, 0.3) is 0 Å². The smallest absolute Gasteiger partial charge is 0.248 e. The molecule has 2 bridgehead atoms. The molecule has 3 rings (SSSR count). The molecule has 4 unspecified atom stereocenters. The molecule has 0 heterocycles. The van der Waals surface area contributed by atoms with Crippen LogP contribution in [-0.2, 0) is 0 Å². The molecule has 4 atom stereocenters. The molecule has 1 N–H and O–H groups in total. The van der Waals surface area contributed by atoms with Crippen LogP contribution >= 0.6 is 0 Å². The Labute approximate surface area is 109 Å². The first kappa shape index (κ1) is 12.8. The fourth-order valence-corrected chi connectivity index (χ4v) is 4.95. The van der Waals surface area contributed by atoms with Gasteiger partial charge in [0.1, 0.15) is 0 Å². The molecule has 0 aromatic heterocycles. The van der Waals surface area contributed by atoms with Crippen LogP contribution in [0.15, 0.2) is 0 Å². The number of hydrogen-bond acceptors (Lipinski definition) is 1. The molecule has 3 aliphatic rings. The van der Waals surface area contributed by atoms with Gasteiger partial charge in [-0.25, -0.2) is 8.78 Å². The first-order valence-electron chi connectivity index (χ1n) is 7.64. The van der Waals surface area contributed by atoms with E-state index in [0.717, 1.165) is 17.8 Å². The van der Waals surface area contributed by atoms with Gasteiger partial charge in [-0.05, 0) is 62.8 Å². The van der Waals surface area contributed by atoms with Gasteiger partial charge >= 0.3 is 0 Å². The third-order valence-electron chi connectivity index (χ3n) is 5.86. The van der Waals surface area contributed by atoms with Gasteiger partial charge in [-0.3, -0.25) is 0 Å². The zero-order valence-corrected chi connectivity index (χ0v) is 11.3. The van der Waals surface area contributed by atoms with Gasteiger partial charge in [-0.15, -0.1) is 0 Å². The maximum absolute atomic E-state index is 13.3. The highest BCUT2D eigenvalue weighted by atomic mass is 19.3. The van der Waals surface area contributed by atoms with E-state index in [1.165, 1.54) is 25.7 Å². The fourth-order valence-electron chi connectivity index (χ4n) is 4.95. The molecule has 0 aliphatic heterocycles. The second kappa shape index (κ2) is 4.73. The molecule has 0 saturated heterocycles. The van der Waals surface area contributed by atoms with Crippen LogP contribution in [0, 0.1) is 23.7 Å². The summed E-state index contributed by atoms with van der Waals surface area (Å²) in [6.45, 7) is 0. The predicted molar refractivity (Wildman–Crippen MR) is 68.7 cm³/mol. The van der Waals surface area contributed by atoms with Crippen LogP contribution in [0.1, 0.15) is 51.4 Å². The van der Waals surface area contributed by atoms with Crippen LogP contribution in [0.2, 0.25) is 0 Å². The quantitative estimate of drug-likeness (QED) is 0.810. The number of fused-ring (bicyclic) bond motifs is 2. The van der Waals surface area contributed by atoms with Gasteiger partial charge in [-0.1, -0.05) is 6.42 Å². The largest absolute Gasteiger partial charge is 0.316 e. The summed E-state index contributed by atoms with van der Waals surface area (Å²) in [7, 11) is 2.03. The molecule has 18 heavy (non-hydrogen) atoms. The van der Waals surface area contributed by atoms with Crippen LogP contribution < -0.4 is 5.32 Å². The lowest BCUT2D eigenvalue weighted by Gasteiger charge is -2.39. The minimum absolute atomic E-state index is 0.108. The lowest BCUT2D eigenvalue weighted by Crippen LogP contribution is -2.44. The molecule has 0 spiro atoms. The van der Waals surface area contributed by atoms with E-state index in [-0.39, 0.29) is 12.8 Å². The van der Waals surface area contributed by atoms with Gasteiger partial charge < -0.3 is 5.32 Å². The van der Waals surface area contributed by atoms with Crippen molar-refractivity contribution >= 4 is 0 Å². The summed E-state index contributed by atoms with van der Waals surface area (Å²) < 4.78 is 26.5. The van der Waals surface area contributed by atoms with E-state index in [4.69, 9.17) is 0 Å². The SMILES string of the molecule is CNC(C1CCC(F)(F)CC1)C1CC2CCC1C2. The normalized spacial score (nSPS) is 41.2. The topological polar surface area (TPSA) is 12.0 Å². The van der Waals surface area contributed by atoms with Crippen molar-refractivity contribution in [2.45, 2.75) is 63.3 Å². The summed E-state index contributed by atoms with van der Waals surface area (Å²) in [5.41, 5.74) is 0. The monoisotopic (exact) mass is 257 g/mol. The molecular weight excluding hydrogens is 232 g/mol. The van der Waals surface area contributed by atoms with Crippen LogP contribution in [0.4, 0.5) is 8.78 Å². The minimum Gasteiger partial charge on any atom is -0.316 e. The third kappa shape index (κ3) is 2.31. The number of hydrogen-bond donors (Lipinski definition) is 1. The van der Waals surface area contributed by atoms with Crippen molar-refractivity contribution in [3.63, 3.8) is 0 Å². The average Bonchev–Trinajstić information content (AvgIpc) is 2.94. The van der Waals surface area contributed by atoms with Crippen molar-refractivity contribution in [2.24, 2.45) is 23.7 Å². The molecular formula is C15H25F2N. The van der Waals surface area contributed by atoms with Crippen molar-refractivity contribution in [3.05, 3.63) is 0 Å². The molecule has 3 fully saturated rings. The highest BCUT2D eigenvalue weighted by molar-refractivity contribution is 4.98. The molecule has 104 valence electrons.